The van der Waals surface area contributed by atoms with Gasteiger partial charge in [0.15, 0.2) is 0 Å². The van der Waals surface area contributed by atoms with Gasteiger partial charge in [0.1, 0.15) is 0 Å². The molecule has 0 saturated heterocycles. The van der Waals surface area contributed by atoms with Crippen LogP contribution in [-0.4, -0.2) is 41.1 Å². The van der Waals surface area contributed by atoms with Gasteiger partial charge in [0.25, 0.3) is 0 Å². The van der Waals surface area contributed by atoms with E-state index >= 15 is 0 Å². The molecule has 0 unspecified atom stereocenters. The lowest BCUT2D eigenvalue weighted by Gasteiger charge is -2.26. The molecule has 0 rings (SSSR count). The minimum Gasteiger partial charge on any atom is -0.435 e. The Morgan fingerprint density at radius 2 is 1.80 bits per heavy atom. The third-order valence-corrected chi connectivity index (χ3v) is 2.31. The minimum atomic E-state index is -0.908. The first kappa shape index (κ1) is 14.1. The summed E-state index contributed by atoms with van der Waals surface area (Å²) in [7, 11) is 0. The van der Waals surface area contributed by atoms with Crippen molar-refractivity contribution in [1.29, 1.82) is 0 Å². The zero-order valence-corrected chi connectivity index (χ0v) is 8.69. The van der Waals surface area contributed by atoms with Crippen molar-refractivity contribution in [2.24, 2.45) is 5.41 Å². The van der Waals surface area contributed by atoms with Crippen molar-refractivity contribution in [1.82, 2.24) is 0 Å². The van der Waals surface area contributed by atoms with Gasteiger partial charge < -0.3 is 20.1 Å². The standard InChI is InChI=1S/C10H18O5/c1-2-15-9(14)4-3-5-10(6-11,7-12)8-13/h2,11-13H,1,3-8H2. The molecule has 5 nitrogen and oxygen atoms in total. The molecule has 3 N–H and O–H groups in total. The smallest absolute Gasteiger partial charge is 0.310 e. The van der Waals surface area contributed by atoms with Crippen molar-refractivity contribution in [2.45, 2.75) is 19.3 Å². The molecule has 0 heterocycles. The number of rotatable bonds is 8. The maximum absolute atomic E-state index is 10.9. The van der Waals surface area contributed by atoms with E-state index in [0.717, 1.165) is 6.26 Å². The van der Waals surface area contributed by atoms with Crippen molar-refractivity contribution in [3.63, 3.8) is 0 Å². The van der Waals surface area contributed by atoms with Crippen LogP contribution in [0.1, 0.15) is 19.3 Å². The van der Waals surface area contributed by atoms with Crippen LogP contribution in [0.3, 0.4) is 0 Å². The van der Waals surface area contributed by atoms with Crippen molar-refractivity contribution >= 4 is 5.97 Å². The number of carbonyl (C=O) groups is 1. The molecule has 88 valence electrons. The van der Waals surface area contributed by atoms with Gasteiger partial charge in [-0.25, -0.2) is 0 Å². The Labute approximate surface area is 89.0 Å². The first-order valence-corrected chi connectivity index (χ1v) is 4.77. The van der Waals surface area contributed by atoms with Gasteiger partial charge in [0.05, 0.1) is 26.1 Å². The average Bonchev–Trinajstić information content (AvgIpc) is 2.25. The summed E-state index contributed by atoms with van der Waals surface area (Å²) in [5.74, 6) is -0.410. The van der Waals surface area contributed by atoms with Crippen LogP contribution in [0, 0.1) is 5.41 Å². The first-order valence-electron chi connectivity index (χ1n) is 4.77. The normalized spacial score (nSPS) is 11.1. The lowest BCUT2D eigenvalue weighted by atomic mass is 9.85. The molecule has 0 saturated carbocycles. The van der Waals surface area contributed by atoms with E-state index < -0.39 is 11.4 Å². The van der Waals surface area contributed by atoms with Gasteiger partial charge in [-0.1, -0.05) is 6.58 Å². The summed E-state index contributed by atoms with van der Waals surface area (Å²) in [6.45, 7) is 2.32. The molecule has 0 aromatic rings. The van der Waals surface area contributed by atoms with E-state index in [0.29, 0.717) is 12.8 Å². The second-order valence-electron chi connectivity index (χ2n) is 3.48. The van der Waals surface area contributed by atoms with Gasteiger partial charge in [0, 0.05) is 11.8 Å². The number of aliphatic hydroxyl groups excluding tert-OH is 3. The molecule has 0 aromatic carbocycles. The van der Waals surface area contributed by atoms with Crippen LogP contribution in [0.5, 0.6) is 0 Å². The molecule has 0 fully saturated rings. The quantitative estimate of drug-likeness (QED) is 0.388. The molecule has 15 heavy (non-hydrogen) atoms. The van der Waals surface area contributed by atoms with Gasteiger partial charge in [0.2, 0.25) is 0 Å². The number of aliphatic hydroxyl groups is 3. The van der Waals surface area contributed by atoms with E-state index in [2.05, 4.69) is 11.3 Å². The molecule has 0 spiro atoms. The van der Waals surface area contributed by atoms with Gasteiger partial charge in [-0.15, -0.1) is 0 Å². The molecule has 5 heteroatoms. The van der Waals surface area contributed by atoms with Gasteiger partial charge >= 0.3 is 5.97 Å². The monoisotopic (exact) mass is 218 g/mol. The highest BCUT2D eigenvalue weighted by Gasteiger charge is 2.27. The summed E-state index contributed by atoms with van der Waals surface area (Å²) in [6, 6.07) is 0. The Bertz CT molecular complexity index is 190. The van der Waals surface area contributed by atoms with Crippen LogP contribution < -0.4 is 0 Å². The van der Waals surface area contributed by atoms with E-state index in [1.165, 1.54) is 0 Å². The Morgan fingerprint density at radius 1 is 1.27 bits per heavy atom. The first-order chi connectivity index (χ1) is 7.14. The molecule has 0 aliphatic heterocycles. The number of esters is 1. The van der Waals surface area contributed by atoms with Gasteiger partial charge in [-0.2, -0.15) is 0 Å². The molecular formula is C10H18O5. The Kier molecular flexibility index (Phi) is 6.94. The predicted molar refractivity (Wildman–Crippen MR) is 53.8 cm³/mol. The summed E-state index contributed by atoms with van der Waals surface area (Å²) in [5, 5.41) is 27.0. The highest BCUT2D eigenvalue weighted by atomic mass is 16.5. The molecular weight excluding hydrogens is 200 g/mol. The Morgan fingerprint density at radius 3 is 2.20 bits per heavy atom. The molecule has 0 bridgehead atoms. The summed E-state index contributed by atoms with van der Waals surface area (Å²) >= 11 is 0. The second-order valence-corrected chi connectivity index (χ2v) is 3.48. The predicted octanol–water partition coefficient (Wildman–Crippen LogP) is -0.193. The number of hydrogen-bond donors (Lipinski definition) is 3. The van der Waals surface area contributed by atoms with Crippen LogP contribution >= 0.6 is 0 Å². The zero-order chi connectivity index (χ0) is 11.7. The van der Waals surface area contributed by atoms with Crippen LogP contribution in [0.2, 0.25) is 0 Å². The van der Waals surface area contributed by atoms with Crippen LogP contribution in [0.25, 0.3) is 0 Å². The number of carbonyl (C=O) groups excluding carboxylic acids is 1. The summed E-state index contributed by atoms with van der Waals surface area (Å²) in [5.41, 5.74) is -0.908. The zero-order valence-electron chi connectivity index (χ0n) is 8.69. The number of ether oxygens (including phenoxy) is 1. The topological polar surface area (TPSA) is 87.0 Å². The van der Waals surface area contributed by atoms with E-state index in [4.69, 9.17) is 15.3 Å². The second kappa shape index (κ2) is 7.39. The molecule has 0 amide bonds. The largest absolute Gasteiger partial charge is 0.435 e. The van der Waals surface area contributed by atoms with E-state index in [1.807, 2.05) is 0 Å². The maximum atomic E-state index is 10.9. The van der Waals surface area contributed by atoms with Crippen LogP contribution in [-0.2, 0) is 9.53 Å². The molecule has 0 atom stereocenters. The maximum Gasteiger partial charge on any atom is 0.310 e. The fraction of sp³-hybridized carbons (Fsp3) is 0.700. The van der Waals surface area contributed by atoms with Crippen molar-refractivity contribution in [2.75, 3.05) is 19.8 Å². The van der Waals surface area contributed by atoms with Gasteiger partial charge in [-0.05, 0) is 12.8 Å². The average molecular weight is 218 g/mol. The van der Waals surface area contributed by atoms with Crippen molar-refractivity contribution < 1.29 is 24.9 Å². The fourth-order valence-corrected chi connectivity index (χ4v) is 1.15. The minimum absolute atomic E-state index is 0.174. The van der Waals surface area contributed by atoms with E-state index in [-0.39, 0.29) is 26.2 Å². The third kappa shape index (κ3) is 4.92. The van der Waals surface area contributed by atoms with Crippen molar-refractivity contribution in [3.8, 4) is 0 Å². The summed E-state index contributed by atoms with van der Waals surface area (Å²) < 4.78 is 4.49. The van der Waals surface area contributed by atoms with Crippen LogP contribution in [0.4, 0.5) is 0 Å². The molecule has 0 aliphatic carbocycles. The fourth-order valence-electron chi connectivity index (χ4n) is 1.15. The molecule has 0 radical (unpaired) electrons. The summed E-state index contributed by atoms with van der Waals surface area (Å²) in [6.07, 6.45) is 2.03. The van der Waals surface area contributed by atoms with E-state index in [9.17, 15) is 4.79 Å². The van der Waals surface area contributed by atoms with Crippen LogP contribution in [0.15, 0.2) is 12.8 Å². The highest BCUT2D eigenvalue weighted by molar-refractivity contribution is 5.69. The lowest BCUT2D eigenvalue weighted by molar-refractivity contribution is -0.138. The van der Waals surface area contributed by atoms with Crippen molar-refractivity contribution in [3.05, 3.63) is 12.8 Å². The van der Waals surface area contributed by atoms with Gasteiger partial charge in [-0.3, -0.25) is 4.79 Å². The SMILES string of the molecule is C=COC(=O)CCCC(CO)(CO)CO. The Balaban J connectivity index is 3.90. The van der Waals surface area contributed by atoms with E-state index in [1.54, 1.807) is 0 Å². The Hall–Kier alpha value is -0.910. The highest BCUT2D eigenvalue weighted by Crippen LogP contribution is 2.22. The molecule has 0 aromatic heterocycles. The summed E-state index contributed by atoms with van der Waals surface area (Å²) in [4.78, 5) is 10.9. The third-order valence-electron chi connectivity index (χ3n) is 2.31. The molecule has 0 aliphatic rings. The number of hydrogen-bond acceptors (Lipinski definition) is 5. The lowest BCUT2D eigenvalue weighted by Crippen LogP contribution is -2.34.